The molecule has 2 rings (SSSR count). The van der Waals surface area contributed by atoms with Crippen molar-refractivity contribution in [1.82, 2.24) is 4.98 Å². The van der Waals surface area contributed by atoms with Gasteiger partial charge in [-0.25, -0.2) is 9.78 Å². The molecule has 1 N–H and O–H groups in total. The maximum absolute atomic E-state index is 11.7. The summed E-state index contributed by atoms with van der Waals surface area (Å²) in [6.45, 7) is 1.92. The number of nitriles is 1. The average molecular weight is 267 g/mol. The van der Waals surface area contributed by atoms with E-state index in [9.17, 15) is 4.79 Å². The molecular weight excluding hydrogens is 254 g/mol. The predicted molar refractivity (Wildman–Crippen MR) is 73.9 cm³/mol. The highest BCUT2D eigenvalue weighted by atomic mass is 16.5. The minimum atomic E-state index is -0.563. The first-order valence-electron chi connectivity index (χ1n) is 6.04. The zero-order valence-electron chi connectivity index (χ0n) is 11.0. The number of amides is 1. The van der Waals surface area contributed by atoms with Gasteiger partial charge in [-0.2, -0.15) is 5.26 Å². The Hall–Kier alpha value is -2.87. The van der Waals surface area contributed by atoms with Crippen molar-refractivity contribution < 1.29 is 9.53 Å². The molecule has 100 valence electrons. The number of carbonyl (C=O) groups excluding carboxylic acids is 1. The number of hydrogen-bond donors (Lipinski definition) is 1. The minimum Gasteiger partial charge on any atom is -0.444 e. The number of hydrogen-bond acceptors (Lipinski definition) is 4. The number of rotatable bonds is 3. The molecule has 0 saturated heterocycles. The molecule has 0 radical (unpaired) electrons. The largest absolute Gasteiger partial charge is 0.444 e. The molecule has 0 aliphatic heterocycles. The van der Waals surface area contributed by atoms with Crippen LogP contribution in [0.1, 0.15) is 16.8 Å². The van der Waals surface area contributed by atoms with E-state index in [-0.39, 0.29) is 12.3 Å². The molecule has 0 spiro atoms. The van der Waals surface area contributed by atoms with Gasteiger partial charge in [0.25, 0.3) is 0 Å². The Balaban J connectivity index is 1.97. The van der Waals surface area contributed by atoms with Gasteiger partial charge < -0.3 is 4.74 Å². The lowest BCUT2D eigenvalue weighted by Gasteiger charge is -2.09. The van der Waals surface area contributed by atoms with Crippen LogP contribution >= 0.6 is 0 Å². The van der Waals surface area contributed by atoms with E-state index in [0.29, 0.717) is 11.3 Å². The lowest BCUT2D eigenvalue weighted by atomic mass is 10.2. The van der Waals surface area contributed by atoms with Crippen LogP contribution in [-0.2, 0) is 11.3 Å². The summed E-state index contributed by atoms with van der Waals surface area (Å²) in [6, 6.07) is 13.0. The lowest BCUT2D eigenvalue weighted by molar-refractivity contribution is 0.155. The van der Waals surface area contributed by atoms with Crippen LogP contribution in [0.2, 0.25) is 0 Å². The standard InChI is InChI=1S/C15H13N3O2/c1-11-13(7-8-17-14(11)9-16)18-15(19)20-10-12-5-3-2-4-6-12/h2-8H,10H2,1H3,(H,17,18,19). The Morgan fingerprint density at radius 3 is 2.80 bits per heavy atom. The first-order chi connectivity index (χ1) is 9.70. The van der Waals surface area contributed by atoms with Gasteiger partial charge in [-0.1, -0.05) is 30.3 Å². The number of carbonyl (C=O) groups is 1. The number of ether oxygens (including phenoxy) is 1. The molecule has 0 aliphatic carbocycles. The Morgan fingerprint density at radius 2 is 2.10 bits per heavy atom. The van der Waals surface area contributed by atoms with Crippen LogP contribution in [0.25, 0.3) is 0 Å². The van der Waals surface area contributed by atoms with E-state index in [2.05, 4.69) is 10.3 Å². The highest BCUT2D eigenvalue weighted by Crippen LogP contribution is 2.16. The molecule has 1 aromatic heterocycles. The second-order valence-electron chi connectivity index (χ2n) is 4.13. The number of anilines is 1. The summed E-state index contributed by atoms with van der Waals surface area (Å²) in [5, 5.41) is 11.5. The number of nitrogens with one attached hydrogen (secondary N) is 1. The van der Waals surface area contributed by atoms with Gasteiger partial charge in [-0.05, 0) is 18.6 Å². The molecule has 0 atom stereocenters. The van der Waals surface area contributed by atoms with Gasteiger partial charge in [-0.3, -0.25) is 5.32 Å². The fourth-order valence-corrected chi connectivity index (χ4v) is 1.65. The molecule has 0 fully saturated rings. The molecule has 0 aliphatic rings. The minimum absolute atomic E-state index is 0.196. The molecule has 20 heavy (non-hydrogen) atoms. The summed E-state index contributed by atoms with van der Waals surface area (Å²) in [5.41, 5.74) is 2.33. The maximum atomic E-state index is 11.7. The topological polar surface area (TPSA) is 75.0 Å². The predicted octanol–water partition coefficient (Wildman–Crippen LogP) is 3.01. The Kier molecular flexibility index (Phi) is 4.30. The van der Waals surface area contributed by atoms with E-state index in [1.54, 1.807) is 13.0 Å². The summed E-state index contributed by atoms with van der Waals surface area (Å²) in [6.07, 6.45) is 0.908. The van der Waals surface area contributed by atoms with E-state index in [1.165, 1.54) is 6.20 Å². The van der Waals surface area contributed by atoms with Crippen molar-refractivity contribution in [3.05, 3.63) is 59.4 Å². The third-order valence-corrected chi connectivity index (χ3v) is 2.76. The van der Waals surface area contributed by atoms with E-state index >= 15 is 0 Å². The summed E-state index contributed by atoms with van der Waals surface area (Å²) >= 11 is 0. The highest BCUT2D eigenvalue weighted by molar-refractivity contribution is 5.85. The zero-order valence-corrected chi connectivity index (χ0v) is 11.0. The van der Waals surface area contributed by atoms with Gasteiger partial charge in [0.2, 0.25) is 0 Å². The monoisotopic (exact) mass is 267 g/mol. The number of aromatic nitrogens is 1. The van der Waals surface area contributed by atoms with Crippen LogP contribution < -0.4 is 5.32 Å². The summed E-state index contributed by atoms with van der Waals surface area (Å²) < 4.78 is 5.11. The van der Waals surface area contributed by atoms with Crippen molar-refractivity contribution in [2.45, 2.75) is 13.5 Å². The molecule has 2 aromatic rings. The van der Waals surface area contributed by atoms with Gasteiger partial charge in [0, 0.05) is 11.8 Å². The van der Waals surface area contributed by atoms with Crippen molar-refractivity contribution in [2.24, 2.45) is 0 Å². The Bertz CT molecular complexity index is 648. The van der Waals surface area contributed by atoms with Crippen molar-refractivity contribution in [3.8, 4) is 6.07 Å². The number of pyridine rings is 1. The molecular formula is C15H13N3O2. The second kappa shape index (κ2) is 6.34. The van der Waals surface area contributed by atoms with E-state index in [4.69, 9.17) is 10.00 Å². The molecule has 1 heterocycles. The van der Waals surface area contributed by atoms with Gasteiger partial charge in [0.1, 0.15) is 18.4 Å². The highest BCUT2D eigenvalue weighted by Gasteiger charge is 2.09. The average Bonchev–Trinajstić information content (AvgIpc) is 2.48. The molecule has 0 saturated carbocycles. The summed E-state index contributed by atoms with van der Waals surface area (Å²) in [5.74, 6) is 0. The zero-order chi connectivity index (χ0) is 14.4. The fraction of sp³-hybridized carbons (Fsp3) is 0.133. The molecule has 1 aromatic carbocycles. The Morgan fingerprint density at radius 1 is 1.35 bits per heavy atom. The third-order valence-electron chi connectivity index (χ3n) is 2.76. The molecule has 1 amide bonds. The maximum Gasteiger partial charge on any atom is 0.411 e. The summed E-state index contributed by atoms with van der Waals surface area (Å²) in [4.78, 5) is 15.6. The molecule has 5 heteroatoms. The van der Waals surface area contributed by atoms with Crippen LogP contribution in [0.5, 0.6) is 0 Å². The van der Waals surface area contributed by atoms with Crippen LogP contribution in [0.15, 0.2) is 42.6 Å². The van der Waals surface area contributed by atoms with Crippen molar-refractivity contribution in [2.75, 3.05) is 5.32 Å². The third kappa shape index (κ3) is 3.33. The first kappa shape index (κ1) is 13.6. The van der Waals surface area contributed by atoms with Crippen LogP contribution in [0.4, 0.5) is 10.5 Å². The number of nitrogens with zero attached hydrogens (tertiary/aromatic N) is 2. The van der Waals surface area contributed by atoms with Crippen molar-refractivity contribution in [1.29, 1.82) is 5.26 Å². The van der Waals surface area contributed by atoms with Gasteiger partial charge in [0.05, 0.1) is 5.69 Å². The van der Waals surface area contributed by atoms with Gasteiger partial charge in [0.15, 0.2) is 0 Å². The van der Waals surface area contributed by atoms with Crippen LogP contribution in [-0.4, -0.2) is 11.1 Å². The van der Waals surface area contributed by atoms with Crippen molar-refractivity contribution in [3.63, 3.8) is 0 Å². The van der Waals surface area contributed by atoms with Crippen molar-refractivity contribution >= 4 is 11.8 Å². The second-order valence-corrected chi connectivity index (χ2v) is 4.13. The van der Waals surface area contributed by atoms with Crippen LogP contribution in [0, 0.1) is 18.3 Å². The van der Waals surface area contributed by atoms with Gasteiger partial charge in [-0.15, -0.1) is 0 Å². The van der Waals surface area contributed by atoms with Crippen LogP contribution in [0.3, 0.4) is 0 Å². The Labute approximate surface area is 116 Å². The van der Waals surface area contributed by atoms with Gasteiger partial charge >= 0.3 is 6.09 Å². The quantitative estimate of drug-likeness (QED) is 0.927. The SMILES string of the molecule is Cc1c(NC(=O)OCc2ccccc2)ccnc1C#N. The molecule has 0 unspecified atom stereocenters. The fourth-order valence-electron chi connectivity index (χ4n) is 1.65. The van der Waals surface area contributed by atoms with E-state index < -0.39 is 6.09 Å². The first-order valence-corrected chi connectivity index (χ1v) is 6.04. The summed E-state index contributed by atoms with van der Waals surface area (Å²) in [7, 11) is 0. The van der Waals surface area contributed by atoms with E-state index in [0.717, 1.165) is 5.56 Å². The lowest BCUT2D eigenvalue weighted by Crippen LogP contribution is -2.14. The molecule has 5 nitrogen and oxygen atoms in total. The molecule has 0 bridgehead atoms. The smallest absolute Gasteiger partial charge is 0.411 e. The number of benzene rings is 1. The van der Waals surface area contributed by atoms with E-state index in [1.807, 2.05) is 36.4 Å². The normalized spacial score (nSPS) is 9.60.